The Bertz CT molecular complexity index is 1010. The number of allylic oxidation sites excluding steroid dienone is 1. The molecule has 0 amide bonds. The first-order chi connectivity index (χ1) is 14.0. The summed E-state index contributed by atoms with van der Waals surface area (Å²) in [6, 6.07) is 18.3. The Morgan fingerprint density at radius 3 is 2.24 bits per heavy atom. The quantitative estimate of drug-likeness (QED) is 0.283. The number of esters is 1. The maximum atomic E-state index is 15.0. The fourth-order valence-corrected chi connectivity index (χ4v) is 3.19. The molecule has 0 saturated carbocycles. The van der Waals surface area contributed by atoms with Crippen molar-refractivity contribution in [1.29, 1.82) is 0 Å². The summed E-state index contributed by atoms with van der Waals surface area (Å²) in [7, 11) is 0. The molecule has 0 aliphatic rings. The first-order valence-electron chi connectivity index (χ1n) is 9.39. The molecule has 29 heavy (non-hydrogen) atoms. The number of hydrogen-bond acceptors (Lipinski definition) is 3. The van der Waals surface area contributed by atoms with Crippen LogP contribution in [0.15, 0.2) is 73.3 Å². The second-order valence-corrected chi connectivity index (χ2v) is 6.72. The molecule has 0 bridgehead atoms. The summed E-state index contributed by atoms with van der Waals surface area (Å²) in [4.78, 5) is 13.0. The number of carbonyl (C=O) groups is 1. The van der Waals surface area contributed by atoms with Crippen LogP contribution in [-0.4, -0.2) is 5.97 Å². The Balaban J connectivity index is 2.04. The zero-order valence-corrected chi connectivity index (χ0v) is 16.6. The van der Waals surface area contributed by atoms with Gasteiger partial charge in [0.25, 0.3) is 0 Å². The summed E-state index contributed by atoms with van der Waals surface area (Å²) in [6.45, 7) is 7.28. The van der Waals surface area contributed by atoms with Gasteiger partial charge in [0.2, 0.25) is 0 Å². The fourth-order valence-electron chi connectivity index (χ4n) is 3.19. The third-order valence-electron chi connectivity index (χ3n) is 4.72. The lowest BCUT2D eigenvalue weighted by Gasteiger charge is -2.20. The minimum Gasteiger partial charge on any atom is -0.488 e. The van der Waals surface area contributed by atoms with Crippen molar-refractivity contribution in [2.45, 2.75) is 26.9 Å². The van der Waals surface area contributed by atoms with Gasteiger partial charge in [-0.25, -0.2) is 9.18 Å². The van der Waals surface area contributed by atoms with Crippen molar-refractivity contribution in [2.24, 2.45) is 0 Å². The number of rotatable bonds is 7. The van der Waals surface area contributed by atoms with E-state index in [1.54, 1.807) is 44.2 Å². The van der Waals surface area contributed by atoms with Crippen LogP contribution in [0.5, 0.6) is 11.5 Å². The maximum Gasteiger partial charge on any atom is 0.347 e. The van der Waals surface area contributed by atoms with Crippen LogP contribution in [0.25, 0.3) is 0 Å². The molecule has 0 N–H and O–H groups in total. The standard InChI is InChI=1S/C25H23FO3/c1-4-11-21-17(2)24(28-16-19-12-7-5-8-13-19)22(18(3)23(21)26)25(27)29-20-14-9-6-10-15-20/h4-10,12-15H,1,11,16H2,2-3H3. The van der Waals surface area contributed by atoms with Crippen molar-refractivity contribution in [1.82, 2.24) is 0 Å². The summed E-state index contributed by atoms with van der Waals surface area (Å²) >= 11 is 0. The normalized spacial score (nSPS) is 10.4. The van der Waals surface area contributed by atoms with Gasteiger partial charge in [-0.3, -0.25) is 0 Å². The first kappa shape index (κ1) is 20.3. The number of halogens is 1. The van der Waals surface area contributed by atoms with Gasteiger partial charge in [-0.1, -0.05) is 54.6 Å². The third-order valence-corrected chi connectivity index (χ3v) is 4.72. The van der Waals surface area contributed by atoms with Crippen LogP contribution in [0.4, 0.5) is 4.39 Å². The minimum atomic E-state index is -0.649. The number of benzene rings is 3. The van der Waals surface area contributed by atoms with E-state index < -0.39 is 11.8 Å². The first-order valence-corrected chi connectivity index (χ1v) is 9.39. The maximum absolute atomic E-state index is 15.0. The molecule has 0 heterocycles. The Hall–Kier alpha value is -3.40. The topological polar surface area (TPSA) is 35.5 Å². The molecule has 0 radical (unpaired) electrons. The van der Waals surface area contributed by atoms with Crippen molar-refractivity contribution >= 4 is 5.97 Å². The van der Waals surface area contributed by atoms with E-state index in [0.717, 1.165) is 5.56 Å². The van der Waals surface area contributed by atoms with Crippen LogP contribution in [-0.2, 0) is 13.0 Å². The predicted molar refractivity (Wildman–Crippen MR) is 112 cm³/mol. The molecule has 4 heteroatoms. The van der Waals surface area contributed by atoms with Gasteiger partial charge in [0, 0.05) is 5.56 Å². The van der Waals surface area contributed by atoms with Gasteiger partial charge in [0.1, 0.15) is 29.5 Å². The average Bonchev–Trinajstić information content (AvgIpc) is 2.74. The van der Waals surface area contributed by atoms with Crippen molar-refractivity contribution in [2.75, 3.05) is 0 Å². The van der Waals surface area contributed by atoms with Gasteiger partial charge in [0.15, 0.2) is 0 Å². The summed E-state index contributed by atoms with van der Waals surface area (Å²) in [6.07, 6.45) is 1.97. The summed E-state index contributed by atoms with van der Waals surface area (Å²) in [5.74, 6) is -0.358. The molecular formula is C25H23FO3. The van der Waals surface area contributed by atoms with Gasteiger partial charge in [-0.05, 0) is 49.1 Å². The molecule has 0 aliphatic heterocycles. The zero-order valence-electron chi connectivity index (χ0n) is 16.6. The number of carbonyl (C=O) groups excluding carboxylic acids is 1. The summed E-state index contributed by atoms with van der Waals surface area (Å²) < 4.78 is 26.6. The molecule has 3 rings (SSSR count). The van der Waals surface area contributed by atoms with Crippen molar-refractivity contribution in [3.8, 4) is 11.5 Å². The van der Waals surface area contributed by atoms with Crippen LogP contribution in [0.1, 0.15) is 32.6 Å². The van der Waals surface area contributed by atoms with Gasteiger partial charge in [-0.2, -0.15) is 0 Å². The Morgan fingerprint density at radius 2 is 1.62 bits per heavy atom. The van der Waals surface area contributed by atoms with Crippen LogP contribution in [0, 0.1) is 19.7 Å². The van der Waals surface area contributed by atoms with Crippen LogP contribution in [0.3, 0.4) is 0 Å². The lowest BCUT2D eigenvalue weighted by molar-refractivity contribution is 0.0728. The van der Waals surface area contributed by atoms with Gasteiger partial charge >= 0.3 is 5.97 Å². The predicted octanol–water partition coefficient (Wildman–Crippen LogP) is 5.97. The molecule has 0 unspecified atom stereocenters. The molecule has 3 aromatic rings. The number of ether oxygens (including phenoxy) is 2. The van der Waals surface area contributed by atoms with Gasteiger partial charge < -0.3 is 9.47 Å². The molecule has 0 spiro atoms. The van der Waals surface area contributed by atoms with Crippen LogP contribution < -0.4 is 9.47 Å². The van der Waals surface area contributed by atoms with Gasteiger partial charge in [-0.15, -0.1) is 6.58 Å². The van der Waals surface area contributed by atoms with E-state index in [0.29, 0.717) is 29.0 Å². The molecule has 148 valence electrons. The van der Waals surface area contributed by atoms with Crippen molar-refractivity contribution in [3.05, 3.63) is 107 Å². The molecule has 0 atom stereocenters. The van der Waals surface area contributed by atoms with E-state index in [1.165, 1.54) is 0 Å². The van der Waals surface area contributed by atoms with E-state index in [2.05, 4.69) is 6.58 Å². The second kappa shape index (κ2) is 9.20. The largest absolute Gasteiger partial charge is 0.488 e. The minimum absolute atomic E-state index is 0.104. The van der Waals surface area contributed by atoms with Crippen molar-refractivity contribution < 1.29 is 18.7 Å². The molecule has 0 saturated heterocycles. The van der Waals surface area contributed by atoms with Crippen molar-refractivity contribution in [3.63, 3.8) is 0 Å². The Labute approximate surface area is 170 Å². The number of hydrogen-bond donors (Lipinski definition) is 0. The lowest BCUT2D eigenvalue weighted by Crippen LogP contribution is -2.16. The second-order valence-electron chi connectivity index (χ2n) is 6.72. The van der Waals surface area contributed by atoms with Crippen LogP contribution in [0.2, 0.25) is 0 Å². The van der Waals surface area contributed by atoms with E-state index >= 15 is 4.39 Å². The number of para-hydroxylation sites is 1. The monoisotopic (exact) mass is 390 g/mol. The zero-order chi connectivity index (χ0) is 20.8. The molecule has 3 nitrogen and oxygen atoms in total. The highest BCUT2D eigenvalue weighted by molar-refractivity contribution is 5.96. The fraction of sp³-hybridized carbons (Fsp3) is 0.160. The highest BCUT2D eigenvalue weighted by Gasteiger charge is 2.26. The van der Waals surface area contributed by atoms with Gasteiger partial charge in [0.05, 0.1) is 0 Å². The summed E-state index contributed by atoms with van der Waals surface area (Å²) in [5, 5.41) is 0. The highest BCUT2D eigenvalue weighted by Crippen LogP contribution is 2.34. The lowest BCUT2D eigenvalue weighted by atomic mass is 9.95. The summed E-state index contributed by atoms with van der Waals surface area (Å²) in [5.41, 5.74) is 2.30. The Kier molecular flexibility index (Phi) is 6.45. The van der Waals surface area contributed by atoms with E-state index in [9.17, 15) is 4.79 Å². The van der Waals surface area contributed by atoms with Crippen LogP contribution >= 0.6 is 0 Å². The average molecular weight is 390 g/mol. The molecule has 0 aliphatic carbocycles. The van der Waals surface area contributed by atoms with E-state index in [-0.39, 0.29) is 17.7 Å². The molecule has 0 fully saturated rings. The highest BCUT2D eigenvalue weighted by atomic mass is 19.1. The molecular weight excluding hydrogens is 367 g/mol. The van der Waals surface area contributed by atoms with E-state index in [4.69, 9.17) is 9.47 Å². The SMILES string of the molecule is C=CCc1c(C)c(OCc2ccccc2)c(C(=O)Oc2ccccc2)c(C)c1F. The Morgan fingerprint density at radius 1 is 1.00 bits per heavy atom. The smallest absolute Gasteiger partial charge is 0.347 e. The van der Waals surface area contributed by atoms with E-state index in [1.807, 2.05) is 36.4 Å². The molecule has 3 aromatic carbocycles. The molecule has 0 aromatic heterocycles. The third kappa shape index (κ3) is 4.54.